The van der Waals surface area contributed by atoms with Gasteiger partial charge in [0.1, 0.15) is 33.3 Å². The van der Waals surface area contributed by atoms with Crippen molar-refractivity contribution in [1.82, 2.24) is 0 Å². The van der Waals surface area contributed by atoms with Crippen LogP contribution in [0, 0.1) is 22.7 Å². The van der Waals surface area contributed by atoms with Crippen molar-refractivity contribution in [3.8, 4) is 12.1 Å². The van der Waals surface area contributed by atoms with E-state index in [1.54, 1.807) is 0 Å². The molecule has 2 bridgehead atoms. The fourth-order valence-corrected chi connectivity index (χ4v) is 3.59. The Morgan fingerprint density at radius 2 is 1.63 bits per heavy atom. The third-order valence-corrected chi connectivity index (χ3v) is 5.42. The van der Waals surface area contributed by atoms with Gasteiger partial charge in [-0.25, -0.2) is 0 Å². The second-order valence-electron chi connectivity index (χ2n) is 6.00. The summed E-state index contributed by atoms with van der Waals surface area (Å²) in [6.07, 6.45) is 1.24. The molecule has 1 unspecified atom stereocenters. The Kier molecular flexibility index (Phi) is 5.43. The van der Waals surface area contributed by atoms with Crippen molar-refractivity contribution in [2.75, 3.05) is 23.3 Å². The molecule has 0 spiro atoms. The van der Waals surface area contributed by atoms with Crippen LogP contribution in [0.1, 0.15) is 6.42 Å². The number of halogens is 3. The average molecular weight is 422 g/mol. The van der Waals surface area contributed by atoms with Crippen LogP contribution in [-0.4, -0.2) is 30.7 Å². The number of Topliss-reactive ketones (excluding diaryl/α,β-unsaturated/α-hetero) is 2. The molecule has 1 aromatic rings. The summed E-state index contributed by atoms with van der Waals surface area (Å²) in [7, 11) is 0. The van der Waals surface area contributed by atoms with Gasteiger partial charge in [-0.1, -0.05) is 34.8 Å². The van der Waals surface area contributed by atoms with Crippen molar-refractivity contribution in [2.24, 2.45) is 0 Å². The van der Waals surface area contributed by atoms with Crippen LogP contribution in [0.15, 0.2) is 39.4 Å². The minimum absolute atomic E-state index is 0.521. The first-order valence-electron chi connectivity index (χ1n) is 7.87. The van der Waals surface area contributed by atoms with Gasteiger partial charge in [0, 0.05) is 24.2 Å². The van der Waals surface area contributed by atoms with Gasteiger partial charge in [0.15, 0.2) is 0 Å². The summed E-state index contributed by atoms with van der Waals surface area (Å²) < 4.78 is 0. The lowest BCUT2D eigenvalue weighted by atomic mass is 9.96. The molecule has 136 valence electrons. The number of carbonyl (C=O) groups excluding carboxylic acids is 2. The number of nitriles is 2. The number of hydrogen-bond acceptors (Lipinski definition) is 6. The van der Waals surface area contributed by atoms with E-state index in [2.05, 4.69) is 16.3 Å². The SMILES string of the molecule is Clc1ccc2c(c1)N1CCC(C1)N2.N#CC1=C(C#N)C(=O)C(Cl)=C(Cl)C1=O. The van der Waals surface area contributed by atoms with Crippen LogP contribution in [0.3, 0.4) is 0 Å². The molecule has 2 heterocycles. The van der Waals surface area contributed by atoms with Crippen molar-refractivity contribution in [3.63, 3.8) is 0 Å². The second-order valence-corrected chi connectivity index (χ2v) is 7.19. The van der Waals surface area contributed by atoms with E-state index in [1.807, 2.05) is 12.1 Å². The number of rotatable bonds is 0. The third-order valence-electron chi connectivity index (χ3n) is 4.37. The van der Waals surface area contributed by atoms with E-state index in [4.69, 9.17) is 45.3 Å². The monoisotopic (exact) mass is 420 g/mol. The van der Waals surface area contributed by atoms with Gasteiger partial charge in [-0.3, -0.25) is 9.59 Å². The van der Waals surface area contributed by atoms with Gasteiger partial charge in [0.05, 0.1) is 11.4 Å². The normalized spacial score (nSPS) is 20.3. The first kappa shape index (κ1) is 19.3. The number of carbonyl (C=O) groups is 2. The molecule has 1 saturated heterocycles. The number of nitrogens with zero attached hydrogens (tertiary/aromatic N) is 3. The Morgan fingerprint density at radius 3 is 2.19 bits per heavy atom. The highest BCUT2D eigenvalue weighted by Crippen LogP contribution is 2.36. The van der Waals surface area contributed by atoms with Gasteiger partial charge in [0.2, 0.25) is 11.6 Å². The Bertz CT molecular complexity index is 957. The van der Waals surface area contributed by atoms with Crippen molar-refractivity contribution >= 4 is 57.7 Å². The van der Waals surface area contributed by atoms with E-state index in [-0.39, 0.29) is 0 Å². The molecule has 6 nitrogen and oxygen atoms in total. The molecule has 1 aliphatic carbocycles. The van der Waals surface area contributed by atoms with E-state index < -0.39 is 32.8 Å². The fraction of sp³-hybridized carbons (Fsp3) is 0.222. The van der Waals surface area contributed by atoms with Gasteiger partial charge in [-0.15, -0.1) is 0 Å². The second kappa shape index (κ2) is 7.62. The summed E-state index contributed by atoms with van der Waals surface area (Å²) in [6, 6.07) is 9.60. The predicted octanol–water partition coefficient (Wildman–Crippen LogP) is 3.52. The first-order valence-corrected chi connectivity index (χ1v) is 9.01. The van der Waals surface area contributed by atoms with Crippen molar-refractivity contribution < 1.29 is 9.59 Å². The highest BCUT2D eigenvalue weighted by Gasteiger charge is 2.33. The molecule has 0 radical (unpaired) electrons. The zero-order valence-corrected chi connectivity index (χ0v) is 16.0. The van der Waals surface area contributed by atoms with Gasteiger partial charge >= 0.3 is 0 Å². The van der Waals surface area contributed by atoms with Crippen LogP contribution in [-0.2, 0) is 9.59 Å². The molecule has 1 aromatic carbocycles. The highest BCUT2D eigenvalue weighted by molar-refractivity contribution is 6.59. The number of fused-ring (bicyclic) bond motifs is 4. The molecule has 27 heavy (non-hydrogen) atoms. The number of anilines is 2. The number of ketones is 2. The minimum atomic E-state index is -0.893. The molecular weight excluding hydrogens is 411 g/mol. The standard InChI is InChI=1S/C10H11ClN2.C8Cl2N2O2/c11-7-1-2-9-10(5-7)13-4-3-8(6-13)12-9;9-5-6(10)8(14)4(2-12)3(1-11)7(5)13/h1-2,5,8,12H,3-4,6H2;. The molecule has 3 aliphatic rings. The predicted molar refractivity (Wildman–Crippen MR) is 103 cm³/mol. The Hall–Kier alpha value is -2.51. The van der Waals surface area contributed by atoms with E-state index in [1.165, 1.54) is 29.9 Å². The van der Waals surface area contributed by atoms with E-state index >= 15 is 0 Å². The lowest BCUT2D eigenvalue weighted by Crippen LogP contribution is -2.31. The Labute approximate surface area is 170 Å². The fourth-order valence-electron chi connectivity index (χ4n) is 3.06. The largest absolute Gasteiger partial charge is 0.379 e. The maximum atomic E-state index is 11.2. The van der Waals surface area contributed by atoms with Crippen LogP contribution in [0.4, 0.5) is 11.4 Å². The van der Waals surface area contributed by atoms with Crippen LogP contribution < -0.4 is 10.2 Å². The van der Waals surface area contributed by atoms with Crippen molar-refractivity contribution in [1.29, 1.82) is 10.5 Å². The molecule has 0 amide bonds. The summed E-state index contributed by atoms with van der Waals surface area (Å²) in [5.74, 6) is -1.79. The number of nitrogens with one attached hydrogen (secondary N) is 1. The molecule has 0 saturated carbocycles. The average Bonchev–Trinajstić information content (AvgIpc) is 3.06. The molecular formula is C18H11Cl3N4O2. The van der Waals surface area contributed by atoms with E-state index in [0.29, 0.717) is 6.04 Å². The lowest BCUT2D eigenvalue weighted by Gasteiger charge is -2.28. The molecule has 2 aliphatic heterocycles. The third kappa shape index (κ3) is 3.52. The van der Waals surface area contributed by atoms with Crippen LogP contribution >= 0.6 is 34.8 Å². The molecule has 1 fully saturated rings. The summed E-state index contributed by atoms with van der Waals surface area (Å²) in [6.45, 7) is 2.29. The van der Waals surface area contributed by atoms with Crippen LogP contribution in [0.5, 0.6) is 0 Å². The number of hydrogen-bond donors (Lipinski definition) is 1. The number of benzene rings is 1. The molecule has 4 rings (SSSR count). The zero-order valence-electron chi connectivity index (χ0n) is 13.7. The van der Waals surface area contributed by atoms with Crippen LogP contribution in [0.25, 0.3) is 0 Å². The lowest BCUT2D eigenvalue weighted by molar-refractivity contribution is -0.115. The summed E-state index contributed by atoms with van der Waals surface area (Å²) in [5.41, 5.74) is 1.37. The van der Waals surface area contributed by atoms with Gasteiger partial charge in [-0.05, 0) is 24.6 Å². The molecule has 1 N–H and O–H groups in total. The van der Waals surface area contributed by atoms with E-state index in [0.717, 1.165) is 18.1 Å². The maximum absolute atomic E-state index is 11.2. The van der Waals surface area contributed by atoms with Crippen molar-refractivity contribution in [3.05, 3.63) is 44.4 Å². The first-order chi connectivity index (χ1) is 12.9. The summed E-state index contributed by atoms with van der Waals surface area (Å²) in [5, 5.41) is 20.4. The van der Waals surface area contributed by atoms with Gasteiger partial charge in [0.25, 0.3) is 0 Å². The van der Waals surface area contributed by atoms with Crippen molar-refractivity contribution in [2.45, 2.75) is 12.5 Å². The van der Waals surface area contributed by atoms with Gasteiger partial charge in [-0.2, -0.15) is 10.5 Å². The molecule has 0 aromatic heterocycles. The smallest absolute Gasteiger partial charge is 0.218 e. The number of allylic oxidation sites excluding steroid dienone is 4. The van der Waals surface area contributed by atoms with Gasteiger partial charge < -0.3 is 10.2 Å². The van der Waals surface area contributed by atoms with Crippen LogP contribution in [0.2, 0.25) is 5.02 Å². The zero-order chi connectivity index (χ0) is 19.7. The van der Waals surface area contributed by atoms with E-state index in [9.17, 15) is 9.59 Å². The quantitative estimate of drug-likeness (QED) is 0.644. The summed E-state index contributed by atoms with van der Waals surface area (Å²) >= 11 is 16.7. The summed E-state index contributed by atoms with van der Waals surface area (Å²) in [4.78, 5) is 24.9. The minimum Gasteiger partial charge on any atom is -0.379 e. The topological polar surface area (TPSA) is 97.0 Å². The Morgan fingerprint density at radius 1 is 1.04 bits per heavy atom. The Balaban J connectivity index is 0.000000156. The highest BCUT2D eigenvalue weighted by atomic mass is 35.5. The molecule has 9 heteroatoms. The molecule has 1 atom stereocenters. The maximum Gasteiger partial charge on any atom is 0.218 e.